The first-order valence-electron chi connectivity index (χ1n) is 14.7. The number of amides is 2. The normalized spacial score (nSPS) is 16.5. The second-order valence-electron chi connectivity index (χ2n) is 10.5. The van der Waals surface area contributed by atoms with E-state index in [2.05, 4.69) is 15.7 Å². The highest BCUT2D eigenvalue weighted by atomic mass is 32.2. The molecule has 0 fully saturated rings. The maximum absolute atomic E-state index is 14.0. The van der Waals surface area contributed by atoms with Crippen molar-refractivity contribution in [2.75, 3.05) is 40.5 Å². The number of esters is 1. The molecule has 2 heterocycles. The molecule has 14 nitrogen and oxygen atoms in total. The highest BCUT2D eigenvalue weighted by Gasteiger charge is 2.32. The molecule has 1 aliphatic heterocycles. The van der Waals surface area contributed by atoms with Gasteiger partial charge in [0.2, 0.25) is 15.9 Å². The molecule has 0 aliphatic carbocycles. The van der Waals surface area contributed by atoms with Crippen LogP contribution in [0.5, 0.6) is 11.5 Å². The smallest absolute Gasteiger partial charge is 0.339 e. The third-order valence-corrected chi connectivity index (χ3v) is 9.26. The molecule has 1 atom stereocenters. The largest absolute Gasteiger partial charge is 0.493 e. The topological polar surface area (TPSA) is 171 Å². The summed E-state index contributed by atoms with van der Waals surface area (Å²) in [5, 5.41) is 10.2. The van der Waals surface area contributed by atoms with E-state index in [9.17, 15) is 22.8 Å². The van der Waals surface area contributed by atoms with Crippen molar-refractivity contribution in [3.63, 3.8) is 0 Å². The van der Waals surface area contributed by atoms with E-state index in [1.54, 1.807) is 23.7 Å². The lowest BCUT2D eigenvalue weighted by Crippen LogP contribution is -2.45. The summed E-state index contributed by atoms with van der Waals surface area (Å²) in [6, 6.07) is 18.8. The minimum Gasteiger partial charge on any atom is -0.493 e. The number of hydrogen-bond acceptors (Lipinski definition) is 10. The van der Waals surface area contributed by atoms with Crippen molar-refractivity contribution in [1.82, 2.24) is 29.7 Å². The molecule has 4 aromatic rings. The second kappa shape index (κ2) is 14.4. The van der Waals surface area contributed by atoms with Crippen molar-refractivity contribution in [2.24, 2.45) is 0 Å². The summed E-state index contributed by atoms with van der Waals surface area (Å²) in [5.74, 6) is -0.435. The summed E-state index contributed by atoms with van der Waals surface area (Å²) in [5.41, 5.74) is 0.814. The Morgan fingerprint density at radius 2 is 1.72 bits per heavy atom. The number of methoxy groups -OCH3 is 2. The Bertz CT molecular complexity index is 1880. The fraction of sp³-hybridized carbons (Fsp3) is 0.281. The van der Waals surface area contributed by atoms with Crippen molar-refractivity contribution < 1.29 is 37.0 Å². The summed E-state index contributed by atoms with van der Waals surface area (Å²) in [7, 11) is -1.82. The number of benzene rings is 3. The lowest BCUT2D eigenvalue weighted by atomic mass is 10.2. The first-order chi connectivity index (χ1) is 22.6. The highest BCUT2D eigenvalue weighted by molar-refractivity contribution is 7.89. The molecule has 47 heavy (non-hydrogen) atoms. The summed E-state index contributed by atoms with van der Waals surface area (Å²) < 4.78 is 46.7. The van der Waals surface area contributed by atoms with Gasteiger partial charge in [-0.05, 0) is 37.3 Å². The van der Waals surface area contributed by atoms with Crippen LogP contribution in [0.1, 0.15) is 39.5 Å². The first-order valence-corrected chi connectivity index (χ1v) is 16.1. The quantitative estimate of drug-likeness (QED) is 0.303. The average Bonchev–Trinajstić information content (AvgIpc) is 3.51. The molecule has 1 aromatic heterocycles. The fourth-order valence-corrected chi connectivity index (χ4v) is 6.60. The van der Waals surface area contributed by atoms with Crippen LogP contribution < -0.4 is 20.1 Å². The molecule has 2 amide bonds. The molecule has 3 aromatic carbocycles. The fourth-order valence-electron chi connectivity index (χ4n) is 5.02. The van der Waals surface area contributed by atoms with Crippen molar-refractivity contribution >= 4 is 27.8 Å². The van der Waals surface area contributed by atoms with Crippen LogP contribution in [-0.4, -0.2) is 85.7 Å². The number of sulfonamides is 1. The van der Waals surface area contributed by atoms with Crippen LogP contribution in [-0.2, 0) is 26.1 Å². The van der Waals surface area contributed by atoms with Gasteiger partial charge in [-0.2, -0.15) is 9.40 Å². The van der Waals surface area contributed by atoms with Crippen LogP contribution in [0.3, 0.4) is 0 Å². The van der Waals surface area contributed by atoms with Crippen LogP contribution >= 0.6 is 0 Å². The van der Waals surface area contributed by atoms with E-state index in [4.69, 9.17) is 19.2 Å². The molecular weight excluding hydrogens is 628 g/mol. The van der Waals surface area contributed by atoms with Gasteiger partial charge in [-0.15, -0.1) is 0 Å². The van der Waals surface area contributed by atoms with Gasteiger partial charge in [-0.25, -0.2) is 22.9 Å². The predicted octanol–water partition coefficient (Wildman–Crippen LogP) is 2.43. The maximum Gasteiger partial charge on any atom is 0.339 e. The summed E-state index contributed by atoms with van der Waals surface area (Å²) in [4.78, 5) is 43.4. The van der Waals surface area contributed by atoms with Gasteiger partial charge in [0.15, 0.2) is 17.3 Å². The van der Waals surface area contributed by atoms with Crippen molar-refractivity contribution in [1.29, 1.82) is 0 Å². The SMILES string of the molecule is COC(=O)c1ccccc1S(=O)(=O)N1CCNC(=O)c2ccc(OC)c(c2)OCCn2nc(-c3ccccc3)nc2[C@@H](C)NC(=O)C1. The van der Waals surface area contributed by atoms with E-state index in [1.165, 1.54) is 37.4 Å². The Labute approximate surface area is 271 Å². The number of aromatic nitrogens is 3. The van der Waals surface area contributed by atoms with Crippen LogP contribution in [0.15, 0.2) is 77.7 Å². The number of nitrogens with zero attached hydrogens (tertiary/aromatic N) is 4. The van der Waals surface area contributed by atoms with Crippen LogP contribution in [0.2, 0.25) is 0 Å². The minimum absolute atomic E-state index is 0.123. The zero-order valence-electron chi connectivity index (χ0n) is 26.0. The third kappa shape index (κ3) is 7.42. The summed E-state index contributed by atoms with van der Waals surface area (Å²) in [6.45, 7) is 0.990. The van der Waals surface area contributed by atoms with Crippen molar-refractivity contribution in [3.05, 3.63) is 89.7 Å². The molecule has 246 valence electrons. The zero-order valence-corrected chi connectivity index (χ0v) is 26.8. The Morgan fingerprint density at radius 3 is 2.47 bits per heavy atom. The van der Waals surface area contributed by atoms with Crippen molar-refractivity contribution in [2.45, 2.75) is 24.4 Å². The van der Waals surface area contributed by atoms with E-state index >= 15 is 0 Å². The Morgan fingerprint density at radius 1 is 0.979 bits per heavy atom. The van der Waals surface area contributed by atoms with Crippen molar-refractivity contribution in [3.8, 4) is 22.9 Å². The van der Waals surface area contributed by atoms with E-state index < -0.39 is 40.4 Å². The van der Waals surface area contributed by atoms with Gasteiger partial charge in [-0.3, -0.25) is 9.59 Å². The van der Waals surface area contributed by atoms with E-state index in [1.807, 2.05) is 30.3 Å². The van der Waals surface area contributed by atoms with E-state index in [-0.39, 0.29) is 42.3 Å². The van der Waals surface area contributed by atoms with Gasteiger partial charge in [0.05, 0.1) is 43.8 Å². The highest BCUT2D eigenvalue weighted by Crippen LogP contribution is 2.29. The third-order valence-electron chi connectivity index (χ3n) is 7.36. The number of nitrogens with one attached hydrogen (secondary N) is 2. The average molecular weight is 663 g/mol. The number of fused-ring (bicyclic) bond motifs is 3. The van der Waals surface area contributed by atoms with E-state index in [0.29, 0.717) is 23.1 Å². The van der Waals surface area contributed by atoms with E-state index in [0.717, 1.165) is 17.0 Å². The Balaban J connectivity index is 1.53. The van der Waals surface area contributed by atoms with Gasteiger partial charge in [0, 0.05) is 24.2 Å². The molecule has 2 bridgehead atoms. The van der Waals surface area contributed by atoms with Gasteiger partial charge in [0.1, 0.15) is 12.4 Å². The van der Waals surface area contributed by atoms with Crippen LogP contribution in [0.4, 0.5) is 0 Å². The molecule has 0 saturated carbocycles. The molecule has 0 saturated heterocycles. The molecule has 0 radical (unpaired) electrons. The minimum atomic E-state index is -4.44. The van der Waals surface area contributed by atoms with Gasteiger partial charge in [0.25, 0.3) is 5.91 Å². The molecule has 15 heteroatoms. The zero-order chi connectivity index (χ0) is 33.6. The monoisotopic (exact) mass is 662 g/mol. The molecule has 5 rings (SSSR count). The van der Waals surface area contributed by atoms with Gasteiger partial charge < -0.3 is 24.8 Å². The Hall–Kier alpha value is -5.28. The molecule has 0 spiro atoms. The maximum atomic E-state index is 14.0. The number of ether oxygens (including phenoxy) is 3. The number of rotatable bonds is 5. The van der Waals surface area contributed by atoms with Gasteiger partial charge in [-0.1, -0.05) is 42.5 Å². The molecule has 0 unspecified atom stereocenters. The van der Waals surface area contributed by atoms with Crippen LogP contribution in [0.25, 0.3) is 11.4 Å². The second-order valence-corrected chi connectivity index (χ2v) is 12.4. The molecular formula is C32H34N6O8S. The first kappa shape index (κ1) is 33.1. The number of carbonyl (C=O) groups excluding carboxylic acids is 3. The lowest BCUT2D eigenvalue weighted by molar-refractivity contribution is -0.122. The molecule has 2 N–H and O–H groups in total. The number of carbonyl (C=O) groups is 3. The summed E-state index contributed by atoms with van der Waals surface area (Å²) in [6.07, 6.45) is 0. The predicted molar refractivity (Wildman–Crippen MR) is 169 cm³/mol. The summed E-state index contributed by atoms with van der Waals surface area (Å²) >= 11 is 0. The lowest BCUT2D eigenvalue weighted by Gasteiger charge is -2.24. The number of hydrogen-bond donors (Lipinski definition) is 2. The van der Waals surface area contributed by atoms with Gasteiger partial charge >= 0.3 is 5.97 Å². The Kier molecular flexibility index (Phi) is 10.2. The standard InChI is InChI=1S/C32H34N6O8S/c1-21-30-35-29(22-9-5-4-6-10-22)36-38(30)17-18-46-26-19-23(13-14-25(26)44-2)31(40)33-15-16-37(20-28(39)34-21)47(42,43)27-12-8-7-11-24(27)32(41)45-3/h4-14,19,21H,15-18,20H2,1-3H3,(H,33,40)(H,34,39)/t21-/m1/s1. The van der Waals surface area contributed by atoms with Crippen LogP contribution in [0, 0.1) is 0 Å². The molecule has 1 aliphatic rings.